The van der Waals surface area contributed by atoms with E-state index in [4.69, 9.17) is 13.9 Å². The van der Waals surface area contributed by atoms with Crippen molar-refractivity contribution in [2.24, 2.45) is 0 Å². The molecule has 3 aliphatic heterocycles. The van der Waals surface area contributed by atoms with Crippen molar-refractivity contribution in [1.29, 1.82) is 0 Å². The van der Waals surface area contributed by atoms with Crippen molar-refractivity contribution < 1.29 is 13.9 Å². The number of para-hydroxylation sites is 2. The summed E-state index contributed by atoms with van der Waals surface area (Å²) in [6, 6.07) is 67.5. The van der Waals surface area contributed by atoms with E-state index in [-0.39, 0.29) is 24.3 Å². The van der Waals surface area contributed by atoms with Gasteiger partial charge in [0.15, 0.2) is 11.5 Å². The first-order valence-corrected chi connectivity index (χ1v) is 24.5. The van der Waals surface area contributed by atoms with E-state index in [1.807, 2.05) is 12.1 Å². The Morgan fingerprint density at radius 3 is 1.61 bits per heavy atom. The van der Waals surface area contributed by atoms with Gasteiger partial charge >= 0.3 is 0 Å². The molecule has 0 bridgehead atoms. The summed E-state index contributed by atoms with van der Waals surface area (Å²) in [6.45, 7) is 16.0. The van der Waals surface area contributed by atoms with E-state index >= 15 is 0 Å². The van der Waals surface area contributed by atoms with Crippen LogP contribution in [0.25, 0.3) is 55.3 Å². The molecule has 340 valence electrons. The highest BCUT2D eigenvalue weighted by Crippen LogP contribution is 2.49. The highest BCUT2D eigenvalue weighted by molar-refractivity contribution is 7.00. The second-order valence-electron chi connectivity index (χ2n) is 21.4. The lowest BCUT2D eigenvalue weighted by Crippen LogP contribution is -2.61. The summed E-state index contributed by atoms with van der Waals surface area (Å²) in [4.78, 5) is 4.97. The number of hydrogen-bond acceptors (Lipinski definition) is 5. The van der Waals surface area contributed by atoms with Crippen LogP contribution >= 0.6 is 0 Å². The Labute approximate surface area is 410 Å². The summed E-state index contributed by atoms with van der Waals surface area (Å²) < 4.78 is 18.8. The number of ether oxygens (including phenoxy) is 2. The quantitative estimate of drug-likeness (QED) is 0.161. The van der Waals surface area contributed by atoms with Gasteiger partial charge in [0.25, 0.3) is 6.71 Å². The predicted octanol–water partition coefficient (Wildman–Crippen LogP) is 15.3. The Kier molecular flexibility index (Phi) is 9.36. The molecule has 0 saturated heterocycles. The van der Waals surface area contributed by atoms with Crippen molar-refractivity contribution in [2.75, 3.05) is 16.6 Å². The third kappa shape index (κ3) is 6.83. The van der Waals surface area contributed by atoms with Gasteiger partial charge in [0.2, 0.25) is 6.79 Å². The number of fused-ring (bicyclic) bond motifs is 8. The summed E-state index contributed by atoms with van der Waals surface area (Å²) in [6.07, 6.45) is 0. The second-order valence-corrected chi connectivity index (χ2v) is 21.4. The van der Waals surface area contributed by atoms with Crippen molar-refractivity contribution in [3.63, 3.8) is 0 Å². The van der Waals surface area contributed by atoms with Crippen molar-refractivity contribution in [3.8, 4) is 44.9 Å². The van der Waals surface area contributed by atoms with E-state index in [2.05, 4.69) is 228 Å². The number of benzene rings is 9. The molecule has 9 aromatic carbocycles. The standard InChI is InChI=1S/C64H53BN2O3/c1-39-29-56-62-57(30-39)67(49-32-44(40-17-23-46(24-18-40)63(2,3)4)31-45(33-49)41-19-25-47(26-20-41)64(5,6)7)54-34-42(43-21-27-51-50-15-11-12-16-58(50)70-59(51)35-43)22-28-52(54)65(62)53-36-60-61(69-38-68-60)37-55(53)66(56)48-13-9-8-10-14-48/h8-37H,38H2,1-7H3. The SMILES string of the molecule is Cc1cc2c3c(c1)N(c1ccccc1)c1cc4c(cc1B3c1ccc(-c3ccc5c(c3)oc3ccccc35)cc1N2c1cc(-c2ccc(C(C)(C)C)cc2)cc(-c2ccc(C(C)(C)C)cc2)c1)OCO4. The van der Waals surface area contributed by atoms with Crippen LogP contribution in [-0.4, -0.2) is 13.5 Å². The fraction of sp³-hybridized carbons (Fsp3) is 0.156. The minimum Gasteiger partial charge on any atom is -0.456 e. The van der Waals surface area contributed by atoms with Gasteiger partial charge in [-0.25, -0.2) is 0 Å². The van der Waals surface area contributed by atoms with Crippen LogP contribution in [0, 0.1) is 6.92 Å². The van der Waals surface area contributed by atoms with Gasteiger partial charge < -0.3 is 23.7 Å². The average Bonchev–Trinajstić information content (AvgIpc) is 3.99. The lowest BCUT2D eigenvalue weighted by molar-refractivity contribution is 0.174. The van der Waals surface area contributed by atoms with Crippen LogP contribution in [0.1, 0.15) is 58.2 Å². The minimum absolute atomic E-state index is 0.0385. The molecule has 10 aromatic rings. The van der Waals surface area contributed by atoms with E-state index in [0.717, 1.165) is 89.8 Å². The molecular formula is C64H53BN2O3. The first-order valence-electron chi connectivity index (χ1n) is 24.5. The van der Waals surface area contributed by atoms with Gasteiger partial charge in [-0.05, 0) is 157 Å². The Morgan fingerprint density at radius 2 is 0.957 bits per heavy atom. The fourth-order valence-electron chi connectivity index (χ4n) is 11.1. The number of anilines is 6. The van der Waals surface area contributed by atoms with Crippen molar-refractivity contribution in [1.82, 2.24) is 0 Å². The van der Waals surface area contributed by atoms with Gasteiger partial charge in [-0.2, -0.15) is 0 Å². The van der Waals surface area contributed by atoms with Crippen molar-refractivity contribution >= 4 is 79.2 Å². The maximum atomic E-state index is 6.48. The van der Waals surface area contributed by atoms with Gasteiger partial charge in [-0.3, -0.25) is 0 Å². The molecule has 6 heteroatoms. The molecule has 0 unspecified atom stereocenters. The van der Waals surface area contributed by atoms with E-state index < -0.39 is 0 Å². The average molecular weight is 909 g/mol. The smallest absolute Gasteiger partial charge is 0.252 e. The number of nitrogens with zero attached hydrogens (tertiary/aromatic N) is 2. The summed E-state index contributed by atoms with van der Waals surface area (Å²) >= 11 is 0. The maximum Gasteiger partial charge on any atom is 0.252 e. The summed E-state index contributed by atoms with van der Waals surface area (Å²) in [5.74, 6) is 1.54. The Bertz CT molecular complexity index is 3650. The molecule has 4 heterocycles. The Morgan fingerprint density at radius 1 is 0.414 bits per heavy atom. The molecule has 1 aromatic heterocycles. The highest BCUT2D eigenvalue weighted by Gasteiger charge is 2.45. The topological polar surface area (TPSA) is 38.1 Å². The molecule has 13 rings (SSSR count). The number of aryl methyl sites for hydroxylation is 1. The number of rotatable bonds is 5. The van der Waals surface area contributed by atoms with Crippen molar-refractivity contribution in [3.05, 3.63) is 199 Å². The van der Waals surface area contributed by atoms with Gasteiger partial charge in [-0.15, -0.1) is 0 Å². The van der Waals surface area contributed by atoms with Crippen LogP contribution in [0.3, 0.4) is 0 Å². The molecule has 0 N–H and O–H groups in total. The Hall–Kier alpha value is -7.96. The maximum absolute atomic E-state index is 6.48. The summed E-state index contributed by atoms with van der Waals surface area (Å²) in [5.41, 5.74) is 22.9. The molecule has 3 aliphatic rings. The normalized spacial score (nSPS) is 13.7. The van der Waals surface area contributed by atoms with Crippen LogP contribution < -0.4 is 35.7 Å². The number of hydrogen-bond donors (Lipinski definition) is 0. The fourth-order valence-corrected chi connectivity index (χ4v) is 11.1. The molecule has 0 aliphatic carbocycles. The predicted molar refractivity (Wildman–Crippen MR) is 292 cm³/mol. The first kappa shape index (κ1) is 42.2. The molecule has 0 spiro atoms. The van der Waals surface area contributed by atoms with Crippen LogP contribution in [0.4, 0.5) is 34.1 Å². The van der Waals surface area contributed by atoms with Crippen LogP contribution in [0.15, 0.2) is 186 Å². The van der Waals surface area contributed by atoms with Crippen molar-refractivity contribution in [2.45, 2.75) is 59.3 Å². The highest BCUT2D eigenvalue weighted by atomic mass is 16.7. The van der Waals surface area contributed by atoms with Gasteiger partial charge in [0.05, 0.1) is 0 Å². The molecule has 5 nitrogen and oxygen atoms in total. The Balaban J connectivity index is 1.09. The molecule has 0 amide bonds. The summed E-state index contributed by atoms with van der Waals surface area (Å²) in [7, 11) is 0. The van der Waals surface area contributed by atoms with Crippen LogP contribution in [-0.2, 0) is 10.8 Å². The largest absolute Gasteiger partial charge is 0.456 e. The molecule has 0 saturated carbocycles. The molecule has 0 atom stereocenters. The molecular weight excluding hydrogens is 856 g/mol. The third-order valence-electron chi connectivity index (χ3n) is 14.8. The van der Waals surface area contributed by atoms with Gasteiger partial charge in [0, 0.05) is 51.0 Å². The minimum atomic E-state index is -0.106. The lowest BCUT2D eigenvalue weighted by atomic mass is 9.33. The lowest BCUT2D eigenvalue weighted by Gasteiger charge is -2.44. The zero-order valence-corrected chi connectivity index (χ0v) is 40.7. The number of furan rings is 1. The van der Waals surface area contributed by atoms with E-state index in [1.54, 1.807) is 0 Å². The van der Waals surface area contributed by atoms with Gasteiger partial charge in [0.1, 0.15) is 11.2 Å². The van der Waals surface area contributed by atoms with Crippen LogP contribution in [0.5, 0.6) is 11.5 Å². The first-order chi connectivity index (χ1) is 33.8. The molecule has 70 heavy (non-hydrogen) atoms. The summed E-state index contributed by atoms with van der Waals surface area (Å²) in [5, 5.41) is 2.24. The van der Waals surface area contributed by atoms with Crippen LogP contribution in [0.2, 0.25) is 0 Å². The second kappa shape index (κ2) is 15.5. The zero-order valence-electron chi connectivity index (χ0n) is 40.7. The zero-order chi connectivity index (χ0) is 47.6. The van der Waals surface area contributed by atoms with E-state index in [0.29, 0.717) is 0 Å². The van der Waals surface area contributed by atoms with E-state index in [1.165, 1.54) is 44.2 Å². The van der Waals surface area contributed by atoms with Gasteiger partial charge in [-0.1, -0.05) is 145 Å². The molecule has 0 radical (unpaired) electrons. The molecule has 0 fully saturated rings. The third-order valence-corrected chi connectivity index (χ3v) is 14.8. The monoisotopic (exact) mass is 908 g/mol. The van der Waals surface area contributed by atoms with E-state index in [9.17, 15) is 0 Å².